The largest absolute Gasteiger partial charge is 0.506 e. The molecule has 2 amide bonds. The minimum Gasteiger partial charge on any atom is -0.506 e. The fourth-order valence-electron chi connectivity index (χ4n) is 5.89. The van der Waals surface area contributed by atoms with Gasteiger partial charge in [-0.3, -0.25) is 14.3 Å². The summed E-state index contributed by atoms with van der Waals surface area (Å²) in [5.41, 5.74) is 4.70. The fourth-order valence-corrected chi connectivity index (χ4v) is 5.89. The number of benzene rings is 2. The molecule has 11 heteroatoms. The van der Waals surface area contributed by atoms with Crippen LogP contribution in [0.5, 0.6) is 11.5 Å². The number of amides is 2. The summed E-state index contributed by atoms with van der Waals surface area (Å²) in [6.45, 7) is 2.99. The number of carbonyl (C=O) groups excluding carboxylic acids is 2. The Morgan fingerprint density at radius 1 is 1.09 bits per heavy atom. The molecule has 1 saturated carbocycles. The Bertz CT molecular complexity index is 1370. The number of aryl methyl sites for hydroxylation is 1. The topological polar surface area (TPSA) is 118 Å². The predicted octanol–water partition coefficient (Wildman–Crippen LogP) is 4.49. The first kappa shape index (κ1) is 33.3. The highest BCUT2D eigenvalue weighted by molar-refractivity contribution is 5.97. The van der Waals surface area contributed by atoms with Gasteiger partial charge in [-0.2, -0.15) is 5.10 Å². The van der Waals surface area contributed by atoms with Gasteiger partial charge in [-0.25, -0.2) is 0 Å². The molecule has 0 saturated heterocycles. The van der Waals surface area contributed by atoms with Crippen LogP contribution < -0.4 is 15.4 Å². The number of carbonyl (C=O) groups is 2. The second-order valence-electron chi connectivity index (χ2n) is 11.4. The van der Waals surface area contributed by atoms with Crippen LogP contribution in [0.3, 0.4) is 0 Å². The highest BCUT2D eigenvalue weighted by Gasteiger charge is 2.25. The number of nitrogens with one attached hydrogen (secondary N) is 2. The summed E-state index contributed by atoms with van der Waals surface area (Å²) in [4.78, 5) is 27.0. The summed E-state index contributed by atoms with van der Waals surface area (Å²) in [7, 11) is 1.91. The number of nitrogens with zero attached hydrogens (tertiary/aromatic N) is 3. The number of aromatic nitrogens is 2. The number of rotatable bonds is 14. The smallest absolute Gasteiger partial charge is 0.262 e. The van der Waals surface area contributed by atoms with Crippen LogP contribution in [0.4, 0.5) is 5.69 Å². The van der Waals surface area contributed by atoms with E-state index in [1.807, 2.05) is 25.5 Å². The molecule has 5 rings (SSSR count). The average molecular weight is 626 g/mol. The summed E-state index contributed by atoms with van der Waals surface area (Å²) in [5.74, 6) is 0.414. The third-order valence-electron chi connectivity index (χ3n) is 8.25. The Hall–Kier alpha value is -3.60. The number of hydrogen-bond acceptors (Lipinski definition) is 7. The number of hydrogen-bond donors (Lipinski definition) is 3. The van der Waals surface area contributed by atoms with Crippen molar-refractivity contribution >= 4 is 29.9 Å². The van der Waals surface area contributed by atoms with Crippen LogP contribution >= 0.6 is 12.4 Å². The lowest BCUT2D eigenvalue weighted by Gasteiger charge is -2.34. The van der Waals surface area contributed by atoms with Gasteiger partial charge in [0.1, 0.15) is 11.4 Å². The summed E-state index contributed by atoms with van der Waals surface area (Å²) in [5, 5.41) is 20.5. The molecular formula is C33H44ClN5O5. The van der Waals surface area contributed by atoms with E-state index in [1.54, 1.807) is 10.7 Å². The molecule has 2 heterocycles. The molecule has 0 bridgehead atoms. The van der Waals surface area contributed by atoms with Crippen molar-refractivity contribution in [3.05, 3.63) is 59.9 Å². The van der Waals surface area contributed by atoms with Crippen molar-refractivity contribution in [3.8, 4) is 22.6 Å². The van der Waals surface area contributed by atoms with Crippen LogP contribution in [0.25, 0.3) is 11.1 Å². The van der Waals surface area contributed by atoms with Gasteiger partial charge in [0.2, 0.25) is 5.91 Å². The Morgan fingerprint density at radius 3 is 2.64 bits per heavy atom. The quantitative estimate of drug-likeness (QED) is 0.178. The number of phenols is 1. The number of halogens is 1. The standard InChI is InChI=1S/C33H43N5O5.ClH/c1-37-22-27(21-35-37)25-9-7-24(8-10-25)14-19-42-20-15-31(41)38(28-5-3-2-4-6-28)18-17-34-16-13-26-11-12-29(39)32-33(26)43-23-30(40)36-32;/h7-12,21-22,28,34,39H,2-6,13-20,23H2,1H3,(H,36,40);1H. The maximum atomic E-state index is 13.3. The molecule has 3 N–H and O–H groups in total. The molecule has 0 unspecified atom stereocenters. The predicted molar refractivity (Wildman–Crippen MR) is 172 cm³/mol. The molecule has 1 fully saturated rings. The number of fused-ring (bicyclic) bond motifs is 1. The zero-order valence-corrected chi connectivity index (χ0v) is 26.2. The van der Waals surface area contributed by atoms with Crippen LogP contribution in [0.15, 0.2) is 48.8 Å². The van der Waals surface area contributed by atoms with E-state index in [-0.39, 0.29) is 36.6 Å². The molecule has 238 valence electrons. The molecule has 0 atom stereocenters. The van der Waals surface area contributed by atoms with Crippen LogP contribution in [0.1, 0.15) is 49.7 Å². The van der Waals surface area contributed by atoms with Gasteiger partial charge in [-0.15, -0.1) is 12.4 Å². The van der Waals surface area contributed by atoms with Gasteiger partial charge >= 0.3 is 0 Å². The van der Waals surface area contributed by atoms with Crippen LogP contribution in [-0.4, -0.2) is 77.1 Å². The molecule has 1 aliphatic carbocycles. The highest BCUT2D eigenvalue weighted by Crippen LogP contribution is 2.39. The third kappa shape index (κ3) is 8.97. The highest BCUT2D eigenvalue weighted by atomic mass is 35.5. The fraction of sp³-hybridized carbons (Fsp3) is 0.485. The Balaban J connectivity index is 0.00000442. The minimum absolute atomic E-state index is 0. The lowest BCUT2D eigenvalue weighted by Crippen LogP contribution is -2.45. The lowest BCUT2D eigenvalue weighted by atomic mass is 9.94. The van der Waals surface area contributed by atoms with E-state index in [0.717, 1.165) is 36.0 Å². The molecule has 44 heavy (non-hydrogen) atoms. The lowest BCUT2D eigenvalue weighted by molar-refractivity contribution is -0.135. The molecule has 3 aromatic rings. The molecule has 10 nitrogen and oxygen atoms in total. The number of anilines is 1. The van der Waals surface area contributed by atoms with E-state index >= 15 is 0 Å². The van der Waals surface area contributed by atoms with Gasteiger partial charge in [0.25, 0.3) is 5.91 Å². The molecule has 1 aliphatic heterocycles. The van der Waals surface area contributed by atoms with Gasteiger partial charge in [-0.1, -0.05) is 49.6 Å². The number of ether oxygens (including phenoxy) is 2. The van der Waals surface area contributed by atoms with Crippen LogP contribution in [0.2, 0.25) is 0 Å². The van der Waals surface area contributed by atoms with Crippen molar-refractivity contribution in [1.82, 2.24) is 20.0 Å². The van der Waals surface area contributed by atoms with Crippen molar-refractivity contribution in [2.45, 2.75) is 57.4 Å². The summed E-state index contributed by atoms with van der Waals surface area (Å²) >= 11 is 0. The van der Waals surface area contributed by atoms with Crippen molar-refractivity contribution in [2.24, 2.45) is 7.05 Å². The van der Waals surface area contributed by atoms with E-state index in [0.29, 0.717) is 63.2 Å². The maximum Gasteiger partial charge on any atom is 0.262 e. The zero-order chi connectivity index (χ0) is 30.0. The van der Waals surface area contributed by atoms with Crippen molar-refractivity contribution in [1.29, 1.82) is 0 Å². The minimum atomic E-state index is -0.275. The normalized spacial score (nSPS) is 14.7. The summed E-state index contributed by atoms with van der Waals surface area (Å²) < 4.78 is 13.3. The Labute approximate surface area is 265 Å². The van der Waals surface area contributed by atoms with Crippen molar-refractivity contribution in [3.63, 3.8) is 0 Å². The molecule has 2 aliphatic rings. The number of phenolic OH excluding ortho intramolecular Hbond substituents is 1. The van der Waals surface area contributed by atoms with E-state index < -0.39 is 0 Å². The Morgan fingerprint density at radius 2 is 1.89 bits per heavy atom. The average Bonchev–Trinajstić information content (AvgIpc) is 3.46. The zero-order valence-electron chi connectivity index (χ0n) is 25.4. The first-order chi connectivity index (χ1) is 21.0. The third-order valence-corrected chi connectivity index (χ3v) is 8.25. The SMILES string of the molecule is Cl.Cn1cc(-c2ccc(CCOCCC(=O)N(CCNCCc3ccc(O)c4c3OCC(=O)N4)C3CCCCC3)cc2)cn1. The van der Waals surface area contributed by atoms with E-state index in [4.69, 9.17) is 9.47 Å². The second kappa shape index (κ2) is 16.5. The monoisotopic (exact) mass is 625 g/mol. The molecule has 2 aromatic carbocycles. The van der Waals surface area contributed by atoms with Crippen LogP contribution in [-0.2, 0) is 34.2 Å². The first-order valence-corrected chi connectivity index (χ1v) is 15.4. The molecule has 1 aromatic heterocycles. The molecule has 0 radical (unpaired) electrons. The maximum absolute atomic E-state index is 13.3. The van der Waals surface area contributed by atoms with Gasteiger partial charge < -0.3 is 30.1 Å². The van der Waals surface area contributed by atoms with Gasteiger partial charge in [0.15, 0.2) is 12.4 Å². The number of aromatic hydroxyl groups is 1. The van der Waals surface area contributed by atoms with Gasteiger partial charge in [-0.05, 0) is 55.0 Å². The Kier molecular flexibility index (Phi) is 12.5. The summed E-state index contributed by atoms with van der Waals surface area (Å²) in [6, 6.07) is 12.2. The van der Waals surface area contributed by atoms with Gasteiger partial charge in [0.05, 0.1) is 25.8 Å². The van der Waals surface area contributed by atoms with Crippen molar-refractivity contribution < 1.29 is 24.2 Å². The van der Waals surface area contributed by atoms with Crippen molar-refractivity contribution in [2.75, 3.05) is 44.8 Å². The molecular weight excluding hydrogens is 582 g/mol. The van der Waals surface area contributed by atoms with E-state index in [9.17, 15) is 14.7 Å². The van der Waals surface area contributed by atoms with Crippen LogP contribution in [0, 0.1) is 0 Å². The molecule has 0 spiro atoms. The summed E-state index contributed by atoms with van der Waals surface area (Å²) in [6.07, 6.45) is 11.4. The van der Waals surface area contributed by atoms with E-state index in [2.05, 4.69) is 44.9 Å². The second-order valence-corrected chi connectivity index (χ2v) is 11.4. The van der Waals surface area contributed by atoms with E-state index in [1.165, 1.54) is 24.8 Å². The first-order valence-electron chi connectivity index (χ1n) is 15.4. The van der Waals surface area contributed by atoms with Gasteiger partial charge in [0, 0.05) is 37.9 Å².